The van der Waals surface area contributed by atoms with Crippen molar-refractivity contribution in [2.45, 2.75) is 39.0 Å². The highest BCUT2D eigenvalue weighted by molar-refractivity contribution is 14.0. The fourth-order valence-corrected chi connectivity index (χ4v) is 2.86. The molecule has 1 aliphatic heterocycles. The first-order chi connectivity index (χ1) is 13.4. The Morgan fingerprint density at radius 3 is 2.62 bits per heavy atom. The normalized spacial score (nSPS) is 14.9. The van der Waals surface area contributed by atoms with E-state index in [2.05, 4.69) is 15.0 Å². The molecular formula is C18H27F2IN4O4. The molecule has 1 fully saturated rings. The Kier molecular flexibility index (Phi) is 10.8. The number of guanidine groups is 1. The van der Waals surface area contributed by atoms with Crippen LogP contribution >= 0.6 is 24.0 Å². The molecule has 1 heterocycles. The lowest BCUT2D eigenvalue weighted by atomic mass is 10.1. The first-order valence-corrected chi connectivity index (χ1v) is 9.02. The van der Waals surface area contributed by atoms with E-state index in [1.54, 1.807) is 17.9 Å². The van der Waals surface area contributed by atoms with E-state index < -0.39 is 6.61 Å². The Morgan fingerprint density at radius 1 is 1.34 bits per heavy atom. The van der Waals surface area contributed by atoms with Crippen molar-refractivity contribution < 1.29 is 27.8 Å². The number of alkyl halides is 2. The van der Waals surface area contributed by atoms with Gasteiger partial charge in [0.2, 0.25) is 0 Å². The molecule has 0 saturated carbocycles. The highest BCUT2D eigenvalue weighted by atomic mass is 127. The van der Waals surface area contributed by atoms with Gasteiger partial charge >= 0.3 is 12.7 Å². The van der Waals surface area contributed by atoms with Gasteiger partial charge in [-0.05, 0) is 37.5 Å². The van der Waals surface area contributed by atoms with E-state index in [1.165, 1.54) is 19.2 Å². The van der Waals surface area contributed by atoms with E-state index in [1.807, 2.05) is 0 Å². The zero-order chi connectivity index (χ0) is 20.5. The predicted octanol–water partition coefficient (Wildman–Crippen LogP) is 2.94. The lowest BCUT2D eigenvalue weighted by Crippen LogP contribution is -2.48. The SMILES string of the molecule is CCOC(=O)N1CCC(NC(N)=NCc2ccc(OC)c(OC(F)F)c2)CC1.I. The lowest BCUT2D eigenvalue weighted by molar-refractivity contribution is -0.0512. The molecule has 1 amide bonds. The van der Waals surface area contributed by atoms with Crippen LogP contribution in [-0.4, -0.2) is 56.4 Å². The molecule has 2 rings (SSSR count). The van der Waals surface area contributed by atoms with Gasteiger partial charge in [-0.25, -0.2) is 9.79 Å². The number of halogens is 3. The monoisotopic (exact) mass is 528 g/mol. The van der Waals surface area contributed by atoms with Crippen LogP contribution in [-0.2, 0) is 11.3 Å². The Hall–Kier alpha value is -2.05. The predicted molar refractivity (Wildman–Crippen MR) is 115 cm³/mol. The van der Waals surface area contributed by atoms with Crippen molar-refractivity contribution in [3.05, 3.63) is 23.8 Å². The van der Waals surface area contributed by atoms with Crippen LogP contribution in [0.1, 0.15) is 25.3 Å². The average Bonchev–Trinajstić information content (AvgIpc) is 2.67. The number of piperidine rings is 1. The van der Waals surface area contributed by atoms with Crippen LogP contribution in [0.25, 0.3) is 0 Å². The fraction of sp³-hybridized carbons (Fsp3) is 0.556. The number of nitrogens with two attached hydrogens (primary N) is 1. The Bertz CT molecular complexity index is 686. The summed E-state index contributed by atoms with van der Waals surface area (Å²) in [4.78, 5) is 17.6. The quantitative estimate of drug-likeness (QED) is 0.321. The van der Waals surface area contributed by atoms with Crippen LogP contribution in [0.4, 0.5) is 13.6 Å². The summed E-state index contributed by atoms with van der Waals surface area (Å²) in [5.41, 5.74) is 6.58. The first kappa shape index (κ1) is 25.0. The van der Waals surface area contributed by atoms with E-state index >= 15 is 0 Å². The van der Waals surface area contributed by atoms with Gasteiger partial charge < -0.3 is 30.2 Å². The molecule has 164 valence electrons. The lowest BCUT2D eigenvalue weighted by Gasteiger charge is -2.31. The fourth-order valence-electron chi connectivity index (χ4n) is 2.86. The van der Waals surface area contributed by atoms with Crippen LogP contribution < -0.4 is 20.5 Å². The third-order valence-corrected chi connectivity index (χ3v) is 4.25. The summed E-state index contributed by atoms with van der Waals surface area (Å²) < 4.78 is 39.4. The van der Waals surface area contributed by atoms with Gasteiger partial charge in [0, 0.05) is 19.1 Å². The zero-order valence-corrected chi connectivity index (χ0v) is 18.7. The maximum atomic E-state index is 12.5. The second kappa shape index (κ2) is 12.5. The second-order valence-corrected chi connectivity index (χ2v) is 6.17. The number of likely N-dealkylation sites (tertiary alicyclic amines) is 1. The number of carbonyl (C=O) groups excluding carboxylic acids is 1. The number of nitrogens with one attached hydrogen (secondary N) is 1. The molecule has 0 bridgehead atoms. The molecule has 0 radical (unpaired) electrons. The number of ether oxygens (including phenoxy) is 3. The summed E-state index contributed by atoms with van der Waals surface area (Å²) in [7, 11) is 1.38. The van der Waals surface area contributed by atoms with E-state index in [-0.39, 0.29) is 60.1 Å². The molecule has 1 aliphatic rings. The summed E-state index contributed by atoms with van der Waals surface area (Å²) in [5.74, 6) is 0.414. The summed E-state index contributed by atoms with van der Waals surface area (Å²) in [5, 5.41) is 3.12. The Labute approximate surface area is 185 Å². The van der Waals surface area contributed by atoms with Gasteiger partial charge in [-0.15, -0.1) is 24.0 Å². The standard InChI is InChI=1S/C18H26F2N4O4.HI/c1-3-27-18(25)24-8-6-13(7-9-24)23-17(21)22-11-12-4-5-14(26-2)15(10-12)28-16(19)20;/h4-5,10,13,16H,3,6-9,11H2,1-2H3,(H3,21,22,23);1H. The number of benzene rings is 1. The summed E-state index contributed by atoms with van der Waals surface area (Å²) >= 11 is 0. The molecule has 0 unspecified atom stereocenters. The van der Waals surface area contributed by atoms with Gasteiger partial charge in [0.15, 0.2) is 17.5 Å². The van der Waals surface area contributed by atoms with Crippen LogP contribution in [0.3, 0.4) is 0 Å². The minimum Gasteiger partial charge on any atom is -0.493 e. The van der Waals surface area contributed by atoms with E-state index in [4.69, 9.17) is 15.2 Å². The number of aliphatic imine (C=N–C) groups is 1. The molecule has 0 atom stereocenters. The van der Waals surface area contributed by atoms with Gasteiger partial charge in [-0.3, -0.25) is 0 Å². The molecule has 3 N–H and O–H groups in total. The number of rotatable bonds is 7. The Balaban J connectivity index is 0.00000420. The highest BCUT2D eigenvalue weighted by Gasteiger charge is 2.23. The average molecular weight is 528 g/mol. The van der Waals surface area contributed by atoms with Crippen LogP contribution in [0.5, 0.6) is 11.5 Å². The second-order valence-electron chi connectivity index (χ2n) is 6.17. The van der Waals surface area contributed by atoms with E-state index in [0.717, 1.165) is 12.8 Å². The van der Waals surface area contributed by atoms with Gasteiger partial charge in [0.25, 0.3) is 0 Å². The molecule has 11 heteroatoms. The van der Waals surface area contributed by atoms with Crippen molar-refractivity contribution in [2.24, 2.45) is 10.7 Å². The largest absolute Gasteiger partial charge is 0.493 e. The topological polar surface area (TPSA) is 98.4 Å². The number of nitrogens with zero attached hydrogens (tertiary/aromatic N) is 2. The summed E-state index contributed by atoms with van der Waals surface area (Å²) in [6.07, 6.45) is 1.15. The molecular weight excluding hydrogens is 501 g/mol. The zero-order valence-electron chi connectivity index (χ0n) is 16.4. The van der Waals surface area contributed by atoms with Gasteiger partial charge in [-0.2, -0.15) is 8.78 Å². The van der Waals surface area contributed by atoms with Crippen molar-refractivity contribution >= 4 is 36.0 Å². The van der Waals surface area contributed by atoms with Crippen LogP contribution in [0.2, 0.25) is 0 Å². The smallest absolute Gasteiger partial charge is 0.409 e. The molecule has 8 nitrogen and oxygen atoms in total. The van der Waals surface area contributed by atoms with Crippen LogP contribution in [0, 0.1) is 0 Å². The third kappa shape index (κ3) is 8.07. The van der Waals surface area contributed by atoms with E-state index in [9.17, 15) is 13.6 Å². The molecule has 0 aromatic heterocycles. The van der Waals surface area contributed by atoms with Crippen molar-refractivity contribution in [1.29, 1.82) is 0 Å². The van der Waals surface area contributed by atoms with E-state index in [0.29, 0.717) is 25.3 Å². The van der Waals surface area contributed by atoms with Crippen molar-refractivity contribution in [3.8, 4) is 11.5 Å². The Morgan fingerprint density at radius 2 is 2.03 bits per heavy atom. The number of methoxy groups -OCH3 is 1. The number of hydrogen-bond donors (Lipinski definition) is 2. The minimum atomic E-state index is -2.94. The number of carbonyl (C=O) groups is 1. The van der Waals surface area contributed by atoms with Crippen molar-refractivity contribution in [2.75, 3.05) is 26.8 Å². The maximum Gasteiger partial charge on any atom is 0.409 e. The first-order valence-electron chi connectivity index (χ1n) is 9.02. The molecule has 0 spiro atoms. The maximum absolute atomic E-state index is 12.5. The number of hydrogen-bond acceptors (Lipinski definition) is 5. The summed E-state index contributed by atoms with van der Waals surface area (Å²) in [6, 6.07) is 4.78. The highest BCUT2D eigenvalue weighted by Crippen LogP contribution is 2.29. The van der Waals surface area contributed by atoms with Gasteiger partial charge in [0.1, 0.15) is 0 Å². The third-order valence-electron chi connectivity index (χ3n) is 4.25. The molecule has 1 saturated heterocycles. The molecule has 1 aromatic carbocycles. The molecule has 0 aliphatic carbocycles. The van der Waals surface area contributed by atoms with Gasteiger partial charge in [-0.1, -0.05) is 6.07 Å². The molecule has 1 aromatic rings. The van der Waals surface area contributed by atoms with Gasteiger partial charge in [0.05, 0.1) is 20.3 Å². The molecule has 29 heavy (non-hydrogen) atoms. The van der Waals surface area contributed by atoms with Crippen molar-refractivity contribution in [1.82, 2.24) is 10.2 Å². The number of amides is 1. The minimum absolute atomic E-state index is 0. The summed E-state index contributed by atoms with van der Waals surface area (Å²) in [6.45, 7) is 0.540. The van der Waals surface area contributed by atoms with Crippen molar-refractivity contribution in [3.63, 3.8) is 0 Å². The van der Waals surface area contributed by atoms with Crippen LogP contribution in [0.15, 0.2) is 23.2 Å².